The number of imidazole rings is 1. The number of piperidine rings is 1. The van der Waals surface area contributed by atoms with Crippen molar-refractivity contribution in [1.82, 2.24) is 9.97 Å². The minimum Gasteiger partial charge on any atom is -0.481 e. The maximum atomic E-state index is 10.8. The molecule has 1 fully saturated rings. The lowest BCUT2D eigenvalue weighted by Crippen LogP contribution is -2.34. The minimum absolute atomic E-state index is 0.0467. The molecule has 0 aliphatic carbocycles. The molecule has 0 spiro atoms. The average Bonchev–Trinajstić information content (AvgIpc) is 2.81. The summed E-state index contributed by atoms with van der Waals surface area (Å²) in [5.74, 6) is 0.785. The van der Waals surface area contributed by atoms with Crippen molar-refractivity contribution < 1.29 is 9.90 Å². The predicted molar refractivity (Wildman–Crippen MR) is 78.0 cm³/mol. The maximum absolute atomic E-state index is 10.8. The lowest BCUT2D eigenvalue weighted by atomic mass is 10.0. The largest absolute Gasteiger partial charge is 0.481 e. The summed E-state index contributed by atoms with van der Waals surface area (Å²) < 4.78 is 0. The molecule has 0 amide bonds. The van der Waals surface area contributed by atoms with Crippen LogP contribution in [0.1, 0.15) is 25.3 Å². The first-order chi connectivity index (χ1) is 9.61. The van der Waals surface area contributed by atoms with Crippen LogP contribution in [-0.4, -0.2) is 34.1 Å². The second kappa shape index (κ2) is 5.15. The molecule has 1 atom stereocenters. The van der Waals surface area contributed by atoms with Crippen LogP contribution in [0.25, 0.3) is 11.0 Å². The molecule has 5 heteroatoms. The second-order valence-corrected chi connectivity index (χ2v) is 5.68. The maximum Gasteiger partial charge on any atom is 0.307 e. The lowest BCUT2D eigenvalue weighted by Gasteiger charge is -2.30. The van der Waals surface area contributed by atoms with Gasteiger partial charge in [-0.2, -0.15) is 0 Å². The fourth-order valence-corrected chi connectivity index (χ4v) is 2.86. The van der Waals surface area contributed by atoms with Crippen LogP contribution >= 0.6 is 0 Å². The first kappa shape index (κ1) is 13.0. The van der Waals surface area contributed by atoms with Crippen molar-refractivity contribution in [2.45, 2.75) is 26.2 Å². The molecular weight excluding hydrogens is 254 g/mol. The third-order valence-electron chi connectivity index (χ3n) is 3.85. The molecule has 20 heavy (non-hydrogen) atoms. The van der Waals surface area contributed by atoms with Crippen molar-refractivity contribution in [3.63, 3.8) is 0 Å². The van der Waals surface area contributed by atoms with Crippen LogP contribution < -0.4 is 4.90 Å². The zero-order chi connectivity index (χ0) is 14.1. The van der Waals surface area contributed by atoms with Gasteiger partial charge < -0.3 is 15.0 Å². The van der Waals surface area contributed by atoms with Crippen LogP contribution in [0, 0.1) is 5.92 Å². The highest BCUT2D eigenvalue weighted by Crippen LogP contribution is 2.23. The predicted octanol–water partition coefficient (Wildman–Crippen LogP) is 2.43. The summed E-state index contributed by atoms with van der Waals surface area (Å²) in [6, 6.07) is 5.61. The van der Waals surface area contributed by atoms with Crippen LogP contribution in [0.3, 0.4) is 0 Å². The minimum atomic E-state index is -0.811. The lowest BCUT2D eigenvalue weighted by molar-refractivity contribution is -0.136. The molecule has 1 saturated heterocycles. The summed E-state index contributed by atoms with van der Waals surface area (Å²) in [7, 11) is 0. The average molecular weight is 273 g/mol. The van der Waals surface area contributed by atoms with E-state index in [-0.39, 0.29) is 6.42 Å². The van der Waals surface area contributed by atoms with Gasteiger partial charge in [0.15, 0.2) is 0 Å². The number of hydrogen-bond acceptors (Lipinski definition) is 3. The van der Waals surface area contributed by atoms with Crippen molar-refractivity contribution >= 4 is 23.0 Å². The Bertz CT molecular complexity index is 635. The molecule has 1 unspecified atom stereocenters. The normalized spacial score (nSPS) is 19.4. The topological polar surface area (TPSA) is 69.2 Å². The van der Waals surface area contributed by atoms with Crippen molar-refractivity contribution in [2.75, 3.05) is 18.0 Å². The Morgan fingerprint density at radius 1 is 1.55 bits per heavy atom. The molecule has 1 aliphatic heterocycles. The Labute approximate surface area is 117 Å². The molecule has 2 N–H and O–H groups in total. The van der Waals surface area contributed by atoms with Crippen LogP contribution in [0.4, 0.5) is 5.95 Å². The van der Waals surface area contributed by atoms with E-state index in [0.29, 0.717) is 5.92 Å². The van der Waals surface area contributed by atoms with Crippen molar-refractivity contribution in [1.29, 1.82) is 0 Å². The molecule has 0 saturated carbocycles. The number of carboxylic acids is 1. The molecule has 1 aromatic heterocycles. The van der Waals surface area contributed by atoms with E-state index in [9.17, 15) is 4.79 Å². The SMILES string of the molecule is CC1CCCN(c2nc3ccc(CC(=O)O)cc3[nH]2)C1. The molecule has 0 radical (unpaired) electrons. The van der Waals surface area contributed by atoms with Crippen LogP contribution in [0.15, 0.2) is 18.2 Å². The van der Waals surface area contributed by atoms with Crippen molar-refractivity contribution in [2.24, 2.45) is 5.92 Å². The monoisotopic (exact) mass is 273 g/mol. The number of rotatable bonds is 3. The Morgan fingerprint density at radius 3 is 3.15 bits per heavy atom. The molecule has 1 aliphatic rings. The number of aromatic amines is 1. The van der Waals surface area contributed by atoms with Gasteiger partial charge in [0.2, 0.25) is 5.95 Å². The van der Waals surface area contributed by atoms with E-state index in [1.165, 1.54) is 12.8 Å². The van der Waals surface area contributed by atoms with E-state index in [1.54, 1.807) is 0 Å². The second-order valence-electron chi connectivity index (χ2n) is 5.68. The molecule has 0 bridgehead atoms. The number of aliphatic carboxylic acids is 1. The zero-order valence-electron chi connectivity index (χ0n) is 11.6. The standard InChI is InChI=1S/C15H19N3O2/c1-10-3-2-6-18(9-10)15-16-12-5-4-11(8-14(19)20)7-13(12)17-15/h4-5,7,10H,2-3,6,8-9H2,1H3,(H,16,17)(H,19,20). The highest BCUT2D eigenvalue weighted by Gasteiger charge is 2.19. The van der Waals surface area contributed by atoms with Crippen LogP contribution in [0.5, 0.6) is 0 Å². The summed E-state index contributed by atoms with van der Waals surface area (Å²) in [4.78, 5) is 21.0. The van der Waals surface area contributed by atoms with Gasteiger partial charge in [0, 0.05) is 13.1 Å². The third kappa shape index (κ3) is 2.61. The summed E-state index contributed by atoms with van der Waals surface area (Å²) in [6.45, 7) is 4.33. The van der Waals surface area contributed by atoms with Crippen molar-refractivity contribution in [3.8, 4) is 0 Å². The van der Waals surface area contributed by atoms with E-state index in [1.807, 2.05) is 18.2 Å². The molecular formula is C15H19N3O2. The van der Waals surface area contributed by atoms with E-state index in [4.69, 9.17) is 5.11 Å². The van der Waals surface area contributed by atoms with E-state index in [2.05, 4.69) is 21.8 Å². The summed E-state index contributed by atoms with van der Waals surface area (Å²) in [5.41, 5.74) is 2.61. The summed E-state index contributed by atoms with van der Waals surface area (Å²) in [6.07, 6.45) is 2.52. The first-order valence-corrected chi connectivity index (χ1v) is 7.07. The van der Waals surface area contributed by atoms with E-state index < -0.39 is 5.97 Å². The first-order valence-electron chi connectivity index (χ1n) is 7.07. The molecule has 5 nitrogen and oxygen atoms in total. The molecule has 3 rings (SSSR count). The number of nitrogens with zero attached hydrogens (tertiary/aromatic N) is 2. The molecule has 2 aromatic rings. The number of carboxylic acid groups (broad SMARTS) is 1. The summed E-state index contributed by atoms with van der Waals surface area (Å²) >= 11 is 0. The number of benzene rings is 1. The van der Waals surface area contributed by atoms with Gasteiger partial charge in [-0.25, -0.2) is 4.98 Å². The Morgan fingerprint density at radius 2 is 2.40 bits per heavy atom. The van der Waals surface area contributed by atoms with Crippen molar-refractivity contribution in [3.05, 3.63) is 23.8 Å². The molecule has 2 heterocycles. The quantitative estimate of drug-likeness (QED) is 0.901. The fraction of sp³-hybridized carbons (Fsp3) is 0.467. The van der Waals surface area contributed by atoms with Gasteiger partial charge in [-0.15, -0.1) is 0 Å². The zero-order valence-corrected chi connectivity index (χ0v) is 11.6. The number of carbonyl (C=O) groups is 1. The molecule has 1 aromatic carbocycles. The van der Waals surface area contributed by atoms with Gasteiger partial charge in [-0.05, 0) is 36.5 Å². The Balaban J connectivity index is 1.88. The Hall–Kier alpha value is -2.04. The smallest absolute Gasteiger partial charge is 0.307 e. The fourth-order valence-electron chi connectivity index (χ4n) is 2.86. The highest BCUT2D eigenvalue weighted by atomic mass is 16.4. The van der Waals surface area contributed by atoms with Gasteiger partial charge in [0.25, 0.3) is 0 Å². The van der Waals surface area contributed by atoms with Gasteiger partial charge in [0.05, 0.1) is 17.5 Å². The number of nitrogens with one attached hydrogen (secondary N) is 1. The van der Waals surface area contributed by atoms with Gasteiger partial charge in [0.1, 0.15) is 0 Å². The number of anilines is 1. The number of H-pyrrole nitrogens is 1. The highest BCUT2D eigenvalue weighted by molar-refractivity contribution is 5.80. The Kier molecular flexibility index (Phi) is 3.34. The number of aromatic nitrogens is 2. The van der Waals surface area contributed by atoms with Crippen LogP contribution in [-0.2, 0) is 11.2 Å². The van der Waals surface area contributed by atoms with Crippen LogP contribution in [0.2, 0.25) is 0 Å². The van der Waals surface area contributed by atoms with Gasteiger partial charge in [-0.3, -0.25) is 4.79 Å². The summed E-state index contributed by atoms with van der Waals surface area (Å²) in [5, 5.41) is 8.84. The number of hydrogen-bond donors (Lipinski definition) is 2. The number of fused-ring (bicyclic) bond motifs is 1. The third-order valence-corrected chi connectivity index (χ3v) is 3.85. The van der Waals surface area contributed by atoms with Gasteiger partial charge in [-0.1, -0.05) is 13.0 Å². The van der Waals surface area contributed by atoms with Gasteiger partial charge >= 0.3 is 5.97 Å². The van der Waals surface area contributed by atoms with E-state index in [0.717, 1.165) is 35.6 Å². The van der Waals surface area contributed by atoms with E-state index >= 15 is 0 Å². The molecule has 106 valence electrons.